The number of hydrogen-bond donors (Lipinski definition) is 0. The Morgan fingerprint density at radius 2 is 2.19 bits per heavy atom. The van der Waals surface area contributed by atoms with Crippen LogP contribution in [-0.4, -0.2) is 23.4 Å². The summed E-state index contributed by atoms with van der Waals surface area (Å²) in [7, 11) is 0. The molecule has 3 heteroatoms. The Kier molecular flexibility index (Phi) is 6.92. The quantitative estimate of drug-likeness (QED) is 0.229. The van der Waals surface area contributed by atoms with Crippen molar-refractivity contribution in [3.63, 3.8) is 0 Å². The van der Waals surface area contributed by atoms with Gasteiger partial charge < -0.3 is 9.47 Å². The van der Waals surface area contributed by atoms with Crippen LogP contribution < -0.4 is 0 Å². The summed E-state index contributed by atoms with van der Waals surface area (Å²) in [6.45, 7) is 7.38. The van der Waals surface area contributed by atoms with E-state index in [1.165, 1.54) is 24.0 Å². The minimum atomic E-state index is -0.0296. The number of alkyl halides is 1. The second kappa shape index (κ2) is 7.67. The van der Waals surface area contributed by atoms with Crippen molar-refractivity contribution in [2.24, 2.45) is 0 Å². The van der Waals surface area contributed by atoms with Crippen molar-refractivity contribution in [3.05, 3.63) is 11.1 Å². The molecule has 0 bridgehead atoms. The van der Waals surface area contributed by atoms with Crippen molar-refractivity contribution >= 4 is 22.6 Å². The molecule has 0 aromatic heterocycles. The van der Waals surface area contributed by atoms with E-state index < -0.39 is 0 Å². The normalized spacial score (nSPS) is 22.9. The monoisotopic (exact) mass is 338 g/mol. The Hall–Kier alpha value is 0.390. The molecule has 1 aliphatic rings. The third kappa shape index (κ3) is 4.34. The molecule has 0 saturated carbocycles. The summed E-state index contributed by atoms with van der Waals surface area (Å²) < 4.78 is 12.6. The van der Waals surface area contributed by atoms with Gasteiger partial charge in [-0.1, -0.05) is 41.5 Å². The molecule has 2 atom stereocenters. The minimum absolute atomic E-state index is 0.0296. The lowest BCUT2D eigenvalue weighted by Crippen LogP contribution is -2.26. The lowest BCUT2D eigenvalue weighted by molar-refractivity contribution is -0.146. The highest BCUT2D eigenvalue weighted by molar-refractivity contribution is 14.1. The highest BCUT2D eigenvalue weighted by Crippen LogP contribution is 2.29. The Bertz CT molecular complexity index is 238. The Balaban J connectivity index is 2.33. The molecular weight excluding hydrogens is 315 g/mol. The first-order valence-electron chi connectivity index (χ1n) is 6.18. The van der Waals surface area contributed by atoms with Gasteiger partial charge in [-0.05, 0) is 38.7 Å². The Morgan fingerprint density at radius 1 is 1.44 bits per heavy atom. The molecule has 0 radical (unpaired) electrons. The van der Waals surface area contributed by atoms with E-state index in [0.717, 1.165) is 23.9 Å². The number of unbranched alkanes of at least 4 members (excludes halogenated alkanes) is 1. The summed E-state index contributed by atoms with van der Waals surface area (Å²) in [6, 6.07) is 0. The van der Waals surface area contributed by atoms with E-state index in [1.807, 2.05) is 0 Å². The molecule has 0 saturated heterocycles. The van der Waals surface area contributed by atoms with Crippen LogP contribution in [0.1, 0.15) is 46.5 Å². The molecule has 0 spiro atoms. The zero-order valence-corrected chi connectivity index (χ0v) is 12.7. The van der Waals surface area contributed by atoms with Crippen LogP contribution in [0.25, 0.3) is 0 Å². The zero-order chi connectivity index (χ0) is 12.0. The van der Waals surface area contributed by atoms with Crippen LogP contribution in [-0.2, 0) is 9.47 Å². The second-order valence-electron chi connectivity index (χ2n) is 4.43. The molecule has 0 fully saturated rings. The van der Waals surface area contributed by atoms with E-state index in [1.54, 1.807) is 0 Å². The van der Waals surface area contributed by atoms with Gasteiger partial charge in [-0.2, -0.15) is 0 Å². The molecule has 94 valence electrons. The molecule has 0 heterocycles. The van der Waals surface area contributed by atoms with E-state index in [0.29, 0.717) is 6.10 Å². The number of allylic oxidation sites excluding steroid dienone is 1. The smallest absolute Gasteiger partial charge is 0.167 e. The highest BCUT2D eigenvalue weighted by atomic mass is 127. The van der Waals surface area contributed by atoms with Crippen LogP contribution in [0, 0.1) is 0 Å². The summed E-state index contributed by atoms with van der Waals surface area (Å²) in [4.78, 5) is 0. The van der Waals surface area contributed by atoms with E-state index >= 15 is 0 Å². The summed E-state index contributed by atoms with van der Waals surface area (Å²) in [6.07, 6.45) is 4.87. The van der Waals surface area contributed by atoms with Crippen LogP contribution in [0.4, 0.5) is 0 Å². The van der Waals surface area contributed by atoms with Gasteiger partial charge in [0.05, 0.1) is 10.5 Å². The standard InChI is InChI=1S/C13H23IO2/c1-4-5-8-15-13(9-14)16-12-7-6-10(2)11(12)3/h12-13H,4-9H2,1-3H3. The molecule has 2 unspecified atom stereocenters. The molecule has 0 amide bonds. The lowest BCUT2D eigenvalue weighted by atomic mass is 10.2. The van der Waals surface area contributed by atoms with Gasteiger partial charge in [-0.25, -0.2) is 0 Å². The van der Waals surface area contributed by atoms with Gasteiger partial charge in [-0.3, -0.25) is 0 Å². The fraction of sp³-hybridized carbons (Fsp3) is 0.846. The maximum absolute atomic E-state index is 6.00. The third-order valence-corrected chi connectivity index (χ3v) is 3.90. The maximum Gasteiger partial charge on any atom is 0.167 e. The summed E-state index contributed by atoms with van der Waals surface area (Å²) >= 11 is 2.33. The summed E-state index contributed by atoms with van der Waals surface area (Å²) in [5.74, 6) is 0. The van der Waals surface area contributed by atoms with Gasteiger partial charge in [0, 0.05) is 6.61 Å². The van der Waals surface area contributed by atoms with Crippen molar-refractivity contribution in [2.45, 2.75) is 58.8 Å². The predicted molar refractivity (Wildman–Crippen MR) is 76.0 cm³/mol. The average Bonchev–Trinajstić information content (AvgIpc) is 2.59. The van der Waals surface area contributed by atoms with E-state index in [4.69, 9.17) is 9.47 Å². The second-order valence-corrected chi connectivity index (χ2v) is 5.32. The number of rotatable bonds is 7. The van der Waals surface area contributed by atoms with Gasteiger partial charge in [0.1, 0.15) is 0 Å². The molecule has 0 aromatic carbocycles. The minimum Gasteiger partial charge on any atom is -0.352 e. The highest BCUT2D eigenvalue weighted by Gasteiger charge is 2.23. The van der Waals surface area contributed by atoms with Gasteiger partial charge in [-0.15, -0.1) is 0 Å². The van der Waals surface area contributed by atoms with Gasteiger partial charge >= 0.3 is 0 Å². The Morgan fingerprint density at radius 3 is 2.69 bits per heavy atom. The molecule has 16 heavy (non-hydrogen) atoms. The Labute approximate surface area is 113 Å². The molecule has 1 rings (SSSR count). The first-order valence-corrected chi connectivity index (χ1v) is 7.70. The maximum atomic E-state index is 6.00. The molecule has 0 N–H and O–H groups in total. The van der Waals surface area contributed by atoms with E-state index in [-0.39, 0.29) is 6.29 Å². The van der Waals surface area contributed by atoms with Crippen LogP contribution in [0.15, 0.2) is 11.1 Å². The zero-order valence-electron chi connectivity index (χ0n) is 10.6. The van der Waals surface area contributed by atoms with Crippen LogP contribution >= 0.6 is 22.6 Å². The topological polar surface area (TPSA) is 18.5 Å². The van der Waals surface area contributed by atoms with Crippen LogP contribution in [0.5, 0.6) is 0 Å². The van der Waals surface area contributed by atoms with Gasteiger partial charge in [0.2, 0.25) is 0 Å². The number of halogens is 1. The van der Waals surface area contributed by atoms with E-state index in [2.05, 4.69) is 43.4 Å². The largest absolute Gasteiger partial charge is 0.352 e. The fourth-order valence-corrected chi connectivity index (χ4v) is 2.33. The SMILES string of the molecule is CCCCOC(CI)OC1CCC(C)=C1C. The van der Waals surface area contributed by atoms with Gasteiger partial charge in [0.25, 0.3) is 0 Å². The lowest BCUT2D eigenvalue weighted by Gasteiger charge is -2.21. The van der Waals surface area contributed by atoms with E-state index in [9.17, 15) is 0 Å². The predicted octanol–water partition coefficient (Wildman–Crippen LogP) is 4.08. The van der Waals surface area contributed by atoms with Crippen molar-refractivity contribution in [1.29, 1.82) is 0 Å². The summed E-state index contributed by atoms with van der Waals surface area (Å²) in [5.41, 5.74) is 2.90. The third-order valence-electron chi connectivity index (χ3n) is 3.18. The first-order chi connectivity index (χ1) is 7.69. The first kappa shape index (κ1) is 14.5. The fourth-order valence-electron chi connectivity index (χ4n) is 1.87. The van der Waals surface area contributed by atoms with Crippen molar-refractivity contribution in [3.8, 4) is 0 Å². The molecule has 2 nitrogen and oxygen atoms in total. The molecule has 0 aliphatic heterocycles. The number of ether oxygens (including phenoxy) is 2. The van der Waals surface area contributed by atoms with Crippen LogP contribution in [0.3, 0.4) is 0 Å². The average molecular weight is 338 g/mol. The van der Waals surface area contributed by atoms with Crippen molar-refractivity contribution in [2.75, 3.05) is 11.0 Å². The summed E-state index contributed by atoms with van der Waals surface area (Å²) in [5, 5.41) is 0. The molecule has 0 aromatic rings. The number of hydrogen-bond acceptors (Lipinski definition) is 2. The van der Waals surface area contributed by atoms with Crippen LogP contribution in [0.2, 0.25) is 0 Å². The van der Waals surface area contributed by atoms with Gasteiger partial charge in [0.15, 0.2) is 6.29 Å². The van der Waals surface area contributed by atoms with Crippen molar-refractivity contribution < 1.29 is 9.47 Å². The molecule has 1 aliphatic carbocycles. The van der Waals surface area contributed by atoms with Crippen molar-refractivity contribution in [1.82, 2.24) is 0 Å². The molecular formula is C13H23IO2.